The minimum absolute atomic E-state index is 0. The van der Waals surface area contributed by atoms with Crippen LogP contribution in [0.2, 0.25) is 10.0 Å². The van der Waals surface area contributed by atoms with Crippen LogP contribution in [0.1, 0.15) is 5.56 Å². The fraction of sp³-hybridized carbons (Fsp3) is 0.0714. The van der Waals surface area contributed by atoms with Gasteiger partial charge in [-0.1, -0.05) is 0 Å². The van der Waals surface area contributed by atoms with Crippen LogP contribution in [0.25, 0.3) is 0 Å². The van der Waals surface area contributed by atoms with E-state index in [0.29, 0.717) is 10.0 Å². The second kappa shape index (κ2) is 8.31. The van der Waals surface area contributed by atoms with Gasteiger partial charge in [0.2, 0.25) is 0 Å². The molecular formula is C14H11AsCl4O. The molecule has 0 saturated carbocycles. The maximum atomic E-state index is 11.1. The summed E-state index contributed by atoms with van der Waals surface area (Å²) in [6.07, 6.45) is 0.239. The molecule has 0 N–H and O–H groups in total. The van der Waals surface area contributed by atoms with Crippen molar-refractivity contribution in [3.63, 3.8) is 0 Å². The Hall–Kier alpha value is -0.172. The normalized spacial score (nSPS) is 10.6. The average molecular weight is 412 g/mol. The zero-order valence-corrected chi connectivity index (χ0v) is 15.4. The third kappa shape index (κ3) is 4.68. The van der Waals surface area contributed by atoms with Crippen molar-refractivity contribution < 1.29 is 4.79 Å². The zero-order valence-electron chi connectivity index (χ0n) is 10.2. The number of hydrogen-bond acceptors (Lipinski definition) is 1. The van der Waals surface area contributed by atoms with E-state index in [0.717, 1.165) is 14.3 Å². The van der Waals surface area contributed by atoms with Crippen LogP contribution in [-0.2, 0) is 11.2 Å². The molecule has 2 aromatic carbocycles. The van der Waals surface area contributed by atoms with Crippen molar-refractivity contribution in [1.29, 1.82) is 0 Å². The molecule has 0 aliphatic rings. The van der Waals surface area contributed by atoms with Gasteiger partial charge in [-0.2, -0.15) is 0 Å². The van der Waals surface area contributed by atoms with Gasteiger partial charge in [0.1, 0.15) is 0 Å². The van der Waals surface area contributed by atoms with Gasteiger partial charge >= 0.3 is 134 Å². The Labute approximate surface area is 145 Å². The van der Waals surface area contributed by atoms with Crippen molar-refractivity contribution in [3.05, 3.63) is 58.1 Å². The summed E-state index contributed by atoms with van der Waals surface area (Å²) in [6.45, 7) is 0. The number of carbonyl (C=O) groups is 1. The Kier molecular flexibility index (Phi) is 7.43. The molecule has 6 heteroatoms. The Morgan fingerprint density at radius 2 is 1.60 bits per heavy atom. The fourth-order valence-electron chi connectivity index (χ4n) is 1.70. The van der Waals surface area contributed by atoms with E-state index in [1.807, 2.05) is 42.5 Å². The molecule has 106 valence electrons. The van der Waals surface area contributed by atoms with Gasteiger partial charge in [0, 0.05) is 0 Å². The summed E-state index contributed by atoms with van der Waals surface area (Å²) >= 11 is 17.2. The van der Waals surface area contributed by atoms with Crippen molar-refractivity contribution in [3.8, 4) is 0 Å². The molecule has 0 heterocycles. The molecule has 0 bridgehead atoms. The summed E-state index contributed by atoms with van der Waals surface area (Å²) in [4.78, 5) is 11.1. The summed E-state index contributed by atoms with van der Waals surface area (Å²) in [5, 5.41) is 1.00. The van der Waals surface area contributed by atoms with Crippen LogP contribution >= 0.6 is 47.2 Å². The van der Waals surface area contributed by atoms with Crippen molar-refractivity contribution in [2.75, 3.05) is 0 Å². The number of rotatable bonds is 4. The third-order valence-corrected chi connectivity index (χ3v) is 7.24. The Morgan fingerprint density at radius 1 is 1.00 bits per heavy atom. The Balaban J connectivity index is 0.00000200. The van der Waals surface area contributed by atoms with E-state index in [2.05, 4.69) is 0 Å². The van der Waals surface area contributed by atoms with Crippen LogP contribution in [0.3, 0.4) is 0 Å². The van der Waals surface area contributed by atoms with E-state index in [1.54, 1.807) is 0 Å². The van der Waals surface area contributed by atoms with Crippen LogP contribution in [-0.4, -0.2) is 21.0 Å². The number of halogens is 4. The SMILES string of the molecule is Cl.O=C(Cl)Cc1ccccc1[AsH]c1c(Cl)cccc1Cl. The second-order valence-corrected chi connectivity index (χ2v) is 7.85. The summed E-state index contributed by atoms with van der Waals surface area (Å²) in [5.74, 6) is 0. The first-order valence-electron chi connectivity index (χ1n) is 5.55. The van der Waals surface area contributed by atoms with Gasteiger partial charge in [0.15, 0.2) is 0 Å². The van der Waals surface area contributed by atoms with Crippen LogP contribution in [0.4, 0.5) is 0 Å². The van der Waals surface area contributed by atoms with Crippen molar-refractivity contribution in [2.24, 2.45) is 0 Å². The summed E-state index contributed by atoms with van der Waals surface area (Å²) in [7, 11) is 0. The fourth-order valence-corrected chi connectivity index (χ4v) is 5.22. The molecule has 0 amide bonds. The van der Waals surface area contributed by atoms with E-state index in [1.165, 1.54) is 0 Å². The Bertz CT molecular complexity index is 596. The topological polar surface area (TPSA) is 17.1 Å². The second-order valence-electron chi connectivity index (χ2n) is 3.91. The third-order valence-electron chi connectivity index (χ3n) is 2.57. The minimum atomic E-state index is -0.697. The Morgan fingerprint density at radius 3 is 2.20 bits per heavy atom. The molecule has 1 atom stereocenters. The van der Waals surface area contributed by atoms with E-state index in [4.69, 9.17) is 34.8 Å². The number of hydrogen-bond donors (Lipinski definition) is 0. The summed E-state index contributed by atoms with van der Waals surface area (Å²) in [6, 6.07) is 13.3. The van der Waals surface area contributed by atoms with E-state index in [9.17, 15) is 4.79 Å². The summed E-state index contributed by atoms with van der Waals surface area (Å²) in [5.41, 5.74) is 0.957. The molecule has 0 spiro atoms. The molecular weight excluding hydrogens is 401 g/mol. The first kappa shape index (κ1) is 17.9. The van der Waals surface area contributed by atoms with Gasteiger partial charge in [-0.05, 0) is 0 Å². The molecule has 0 fully saturated rings. The van der Waals surface area contributed by atoms with E-state index >= 15 is 0 Å². The van der Waals surface area contributed by atoms with Crippen molar-refractivity contribution in [1.82, 2.24) is 0 Å². The molecule has 0 aliphatic heterocycles. The van der Waals surface area contributed by atoms with Crippen LogP contribution < -0.4 is 8.70 Å². The monoisotopic (exact) mass is 410 g/mol. The molecule has 0 aromatic heterocycles. The quantitative estimate of drug-likeness (QED) is 0.558. The number of benzene rings is 2. The molecule has 0 saturated heterocycles. The number of carbonyl (C=O) groups excluding carboxylic acids is 1. The van der Waals surface area contributed by atoms with E-state index < -0.39 is 15.8 Å². The molecule has 2 rings (SSSR count). The van der Waals surface area contributed by atoms with E-state index in [-0.39, 0.29) is 24.1 Å². The van der Waals surface area contributed by atoms with Gasteiger partial charge in [0.05, 0.1) is 0 Å². The van der Waals surface area contributed by atoms with Crippen LogP contribution in [0.5, 0.6) is 0 Å². The first-order valence-corrected chi connectivity index (χ1v) is 8.78. The van der Waals surface area contributed by atoms with Crippen molar-refractivity contribution >= 4 is 76.9 Å². The van der Waals surface area contributed by atoms with Crippen molar-refractivity contribution in [2.45, 2.75) is 6.42 Å². The molecule has 2 aromatic rings. The van der Waals surface area contributed by atoms with Crippen LogP contribution in [0, 0.1) is 0 Å². The van der Waals surface area contributed by atoms with Gasteiger partial charge in [-0.3, -0.25) is 0 Å². The van der Waals surface area contributed by atoms with Gasteiger partial charge in [-0.25, -0.2) is 0 Å². The van der Waals surface area contributed by atoms with Gasteiger partial charge in [0.25, 0.3) is 0 Å². The zero-order chi connectivity index (χ0) is 13.8. The molecule has 20 heavy (non-hydrogen) atoms. The summed E-state index contributed by atoms with van der Waals surface area (Å²) < 4.78 is 2.12. The van der Waals surface area contributed by atoms with Crippen LogP contribution in [0.15, 0.2) is 42.5 Å². The predicted octanol–water partition coefficient (Wildman–Crippen LogP) is 3.11. The molecule has 1 unspecified atom stereocenters. The maximum absolute atomic E-state index is 11.1. The average Bonchev–Trinajstić information content (AvgIpc) is 2.35. The molecule has 1 nitrogen and oxygen atoms in total. The first-order chi connectivity index (χ1) is 9.08. The molecule has 0 radical (unpaired) electrons. The van der Waals surface area contributed by atoms with Gasteiger partial charge in [-0.15, -0.1) is 12.4 Å². The predicted molar refractivity (Wildman–Crippen MR) is 91.1 cm³/mol. The standard InChI is InChI=1S/C14H10AsCl3O.ClH/c16-11-6-3-7-12(17)14(11)15-10-5-2-1-4-9(10)8-13(18)19;/h1-7,15H,8H2;1H. The molecule has 0 aliphatic carbocycles. The van der Waals surface area contributed by atoms with Gasteiger partial charge < -0.3 is 0 Å².